The van der Waals surface area contributed by atoms with Crippen LogP contribution < -0.4 is 10.5 Å². The molecular weight excluding hydrogens is 138 g/mol. The van der Waals surface area contributed by atoms with Crippen molar-refractivity contribution in [2.45, 2.75) is 6.92 Å². The molecular formula is C8H13NSi. The summed E-state index contributed by atoms with van der Waals surface area (Å²) >= 11 is 0. The summed E-state index contributed by atoms with van der Waals surface area (Å²) in [5.41, 5.74) is 1.30. The van der Waals surface area contributed by atoms with Crippen LogP contribution in [0.1, 0.15) is 6.92 Å². The normalized spacial score (nSPS) is 9.70. The maximum atomic E-state index is 3.31. The van der Waals surface area contributed by atoms with Crippen molar-refractivity contribution in [1.29, 1.82) is 0 Å². The zero-order chi connectivity index (χ0) is 7.40. The van der Waals surface area contributed by atoms with Crippen LogP contribution in [0.15, 0.2) is 24.3 Å². The first-order valence-corrected chi connectivity index (χ1v) is 4.64. The van der Waals surface area contributed by atoms with Crippen molar-refractivity contribution in [3.05, 3.63) is 24.3 Å². The van der Waals surface area contributed by atoms with E-state index in [0.29, 0.717) is 0 Å². The van der Waals surface area contributed by atoms with E-state index in [1.165, 1.54) is 10.9 Å². The van der Waals surface area contributed by atoms with E-state index in [-0.39, 0.29) is 0 Å². The molecule has 0 radical (unpaired) electrons. The van der Waals surface area contributed by atoms with E-state index in [9.17, 15) is 0 Å². The third-order valence-corrected chi connectivity index (χ3v) is 2.38. The van der Waals surface area contributed by atoms with Gasteiger partial charge in [0.05, 0.1) is 0 Å². The molecule has 0 atom stereocenters. The number of benzene rings is 1. The van der Waals surface area contributed by atoms with E-state index >= 15 is 0 Å². The molecule has 2 heteroatoms. The van der Waals surface area contributed by atoms with E-state index in [1.807, 2.05) is 0 Å². The lowest BCUT2D eigenvalue weighted by Gasteiger charge is -2.05. The fraction of sp³-hybridized carbons (Fsp3) is 0.250. The first kappa shape index (κ1) is 7.35. The van der Waals surface area contributed by atoms with Gasteiger partial charge in [0, 0.05) is 22.5 Å². The first-order chi connectivity index (χ1) is 4.84. The SMILES string of the molecule is CCNc1ccccc1[SiH3]. The molecule has 10 heavy (non-hydrogen) atoms. The number of nitrogens with one attached hydrogen (secondary N) is 1. The van der Waals surface area contributed by atoms with Crippen LogP contribution in [-0.4, -0.2) is 16.8 Å². The molecule has 0 spiro atoms. The van der Waals surface area contributed by atoms with Crippen LogP contribution in [0, 0.1) is 0 Å². The largest absolute Gasteiger partial charge is 0.385 e. The lowest BCUT2D eigenvalue weighted by Crippen LogP contribution is -2.10. The van der Waals surface area contributed by atoms with E-state index in [2.05, 4.69) is 36.5 Å². The molecule has 1 N–H and O–H groups in total. The highest BCUT2D eigenvalue weighted by Gasteiger charge is 1.90. The lowest BCUT2D eigenvalue weighted by atomic mass is 10.3. The van der Waals surface area contributed by atoms with Gasteiger partial charge in [-0.3, -0.25) is 0 Å². The highest BCUT2D eigenvalue weighted by molar-refractivity contribution is 6.35. The summed E-state index contributed by atoms with van der Waals surface area (Å²) in [6.45, 7) is 3.13. The Labute approximate surface area is 64.9 Å². The van der Waals surface area contributed by atoms with Crippen LogP contribution in [0.2, 0.25) is 0 Å². The van der Waals surface area contributed by atoms with Crippen molar-refractivity contribution in [3.8, 4) is 0 Å². The maximum absolute atomic E-state index is 3.31. The van der Waals surface area contributed by atoms with E-state index in [0.717, 1.165) is 16.8 Å². The van der Waals surface area contributed by atoms with Gasteiger partial charge in [-0.2, -0.15) is 0 Å². The Kier molecular flexibility index (Phi) is 2.51. The quantitative estimate of drug-likeness (QED) is 0.592. The fourth-order valence-corrected chi connectivity index (χ4v) is 1.50. The molecule has 0 unspecified atom stereocenters. The van der Waals surface area contributed by atoms with Gasteiger partial charge in [0.15, 0.2) is 0 Å². The molecule has 1 aromatic carbocycles. The number of para-hydroxylation sites is 1. The van der Waals surface area contributed by atoms with Crippen LogP contribution in [0.25, 0.3) is 0 Å². The summed E-state index contributed by atoms with van der Waals surface area (Å²) < 4.78 is 0. The lowest BCUT2D eigenvalue weighted by molar-refractivity contribution is 1.22. The summed E-state index contributed by atoms with van der Waals surface area (Å²) in [7, 11) is 1.13. The third kappa shape index (κ3) is 1.61. The second-order valence-corrected chi connectivity index (χ2v) is 3.42. The van der Waals surface area contributed by atoms with Crippen molar-refractivity contribution < 1.29 is 0 Å². The monoisotopic (exact) mass is 151 g/mol. The minimum absolute atomic E-state index is 1.01. The van der Waals surface area contributed by atoms with E-state index in [4.69, 9.17) is 0 Å². The van der Waals surface area contributed by atoms with Gasteiger partial charge in [0.25, 0.3) is 0 Å². The highest BCUT2D eigenvalue weighted by atomic mass is 28.1. The molecule has 0 bridgehead atoms. The van der Waals surface area contributed by atoms with Gasteiger partial charge in [-0.25, -0.2) is 0 Å². The van der Waals surface area contributed by atoms with Gasteiger partial charge in [0.2, 0.25) is 0 Å². The van der Waals surface area contributed by atoms with Gasteiger partial charge < -0.3 is 5.32 Å². The molecule has 0 aromatic heterocycles. The summed E-state index contributed by atoms with van der Waals surface area (Å²) in [6, 6.07) is 8.46. The molecule has 54 valence electrons. The maximum Gasteiger partial charge on any atom is 0.0412 e. The molecule has 0 fully saturated rings. The Morgan fingerprint density at radius 1 is 1.40 bits per heavy atom. The second-order valence-electron chi connectivity index (χ2n) is 2.35. The Morgan fingerprint density at radius 2 is 2.10 bits per heavy atom. The van der Waals surface area contributed by atoms with Gasteiger partial charge in [-0.05, 0) is 18.2 Å². The van der Waals surface area contributed by atoms with Crippen molar-refractivity contribution in [2.75, 3.05) is 11.9 Å². The molecule has 1 rings (SSSR count). The second kappa shape index (κ2) is 3.42. The molecule has 0 amide bonds. The predicted molar refractivity (Wildman–Crippen MR) is 50.2 cm³/mol. The van der Waals surface area contributed by atoms with E-state index in [1.54, 1.807) is 0 Å². The van der Waals surface area contributed by atoms with Gasteiger partial charge >= 0.3 is 0 Å². The smallest absolute Gasteiger partial charge is 0.0412 e. The van der Waals surface area contributed by atoms with Crippen LogP contribution in [-0.2, 0) is 0 Å². The average Bonchev–Trinajstić information content (AvgIpc) is 1.94. The van der Waals surface area contributed by atoms with Crippen LogP contribution in [0.3, 0.4) is 0 Å². The first-order valence-electron chi connectivity index (χ1n) is 3.64. The molecule has 0 aliphatic carbocycles. The highest BCUT2D eigenvalue weighted by Crippen LogP contribution is 1.99. The molecule has 0 aliphatic heterocycles. The Balaban J connectivity index is 2.81. The molecule has 0 saturated carbocycles. The standard InChI is InChI=1S/C8H13NSi/c1-2-9-7-5-3-4-6-8(7)10/h3-6,9H,2H2,1,10H3. The minimum Gasteiger partial charge on any atom is -0.385 e. The van der Waals surface area contributed by atoms with Crippen molar-refractivity contribution in [3.63, 3.8) is 0 Å². The number of hydrogen-bond donors (Lipinski definition) is 1. The molecule has 1 nitrogen and oxygen atoms in total. The Morgan fingerprint density at radius 3 is 2.70 bits per heavy atom. The Bertz CT molecular complexity index is 210. The molecule has 0 aliphatic rings. The van der Waals surface area contributed by atoms with Crippen molar-refractivity contribution in [1.82, 2.24) is 0 Å². The topological polar surface area (TPSA) is 12.0 Å². The van der Waals surface area contributed by atoms with Crippen LogP contribution in [0.5, 0.6) is 0 Å². The van der Waals surface area contributed by atoms with Crippen molar-refractivity contribution >= 4 is 21.1 Å². The molecule has 0 heterocycles. The summed E-state index contributed by atoms with van der Waals surface area (Å²) in [6.07, 6.45) is 0. The molecule has 1 aromatic rings. The van der Waals surface area contributed by atoms with E-state index < -0.39 is 0 Å². The fourth-order valence-electron chi connectivity index (χ4n) is 0.962. The number of rotatable bonds is 2. The summed E-state index contributed by atoms with van der Waals surface area (Å²) in [5, 5.41) is 4.76. The molecule has 0 saturated heterocycles. The van der Waals surface area contributed by atoms with Crippen molar-refractivity contribution in [2.24, 2.45) is 0 Å². The predicted octanol–water partition coefficient (Wildman–Crippen LogP) is 0.109. The third-order valence-electron chi connectivity index (χ3n) is 1.51. The minimum atomic E-state index is 1.01. The van der Waals surface area contributed by atoms with Gasteiger partial charge in [-0.1, -0.05) is 18.2 Å². The average molecular weight is 151 g/mol. The van der Waals surface area contributed by atoms with Gasteiger partial charge in [-0.15, -0.1) is 0 Å². The Hall–Kier alpha value is -0.763. The zero-order valence-electron chi connectivity index (χ0n) is 6.52. The van der Waals surface area contributed by atoms with Crippen LogP contribution >= 0.6 is 0 Å². The van der Waals surface area contributed by atoms with Crippen LogP contribution in [0.4, 0.5) is 5.69 Å². The summed E-state index contributed by atoms with van der Waals surface area (Å²) in [4.78, 5) is 0. The zero-order valence-corrected chi connectivity index (χ0v) is 8.52. The number of hydrogen-bond acceptors (Lipinski definition) is 1. The number of anilines is 1. The van der Waals surface area contributed by atoms with Gasteiger partial charge in [0.1, 0.15) is 0 Å². The summed E-state index contributed by atoms with van der Waals surface area (Å²) in [5.74, 6) is 0.